The molecular weight excluding hydrogens is 596 g/mol. The van der Waals surface area contributed by atoms with Crippen molar-refractivity contribution in [1.29, 1.82) is 0 Å². The number of aliphatic hydroxyl groups excluding tert-OH is 7. The molecular formula is C27H30O17. The fourth-order valence-corrected chi connectivity index (χ4v) is 5.00. The van der Waals surface area contributed by atoms with Crippen LogP contribution in [0.1, 0.15) is 0 Å². The predicted molar refractivity (Wildman–Crippen MR) is 142 cm³/mol. The van der Waals surface area contributed by atoms with E-state index in [1.807, 2.05) is 0 Å². The van der Waals surface area contributed by atoms with E-state index in [0.29, 0.717) is 0 Å². The first kappa shape index (κ1) is 31.7. The van der Waals surface area contributed by atoms with Crippen LogP contribution in [-0.4, -0.2) is 131 Å². The van der Waals surface area contributed by atoms with Gasteiger partial charge in [0.2, 0.25) is 17.5 Å². The number of hydrogen-bond donors (Lipinski definition) is 11. The van der Waals surface area contributed by atoms with E-state index in [2.05, 4.69) is 0 Å². The van der Waals surface area contributed by atoms with Gasteiger partial charge in [-0.05, 0) is 18.2 Å². The molecule has 3 heterocycles. The highest BCUT2D eigenvalue weighted by atomic mass is 16.7. The lowest BCUT2D eigenvalue weighted by Gasteiger charge is -2.45. The number of ether oxygens (including phenoxy) is 4. The fourth-order valence-electron chi connectivity index (χ4n) is 5.00. The molecule has 11 N–H and O–H groups in total. The van der Waals surface area contributed by atoms with E-state index in [1.54, 1.807) is 0 Å². The Morgan fingerprint density at radius 3 is 2.02 bits per heavy atom. The molecule has 2 aliphatic rings. The normalized spacial score (nSPS) is 32.5. The molecule has 17 nitrogen and oxygen atoms in total. The van der Waals surface area contributed by atoms with Gasteiger partial charge in [0.1, 0.15) is 71.3 Å². The van der Waals surface area contributed by atoms with E-state index >= 15 is 0 Å². The SMILES string of the molecule is O=c1c(O[C@H]2O[C@@H](CO)[C@H](O[C@@H]3O[C@H](CO)[C@@H](O)[C@H](O)[C@H]3O)[C@@H](O)[C@@H]2O)c(-c2ccc(O)c(O)c2)oc2cc(O)cc(O)c12. The Morgan fingerprint density at radius 1 is 0.705 bits per heavy atom. The van der Waals surface area contributed by atoms with Crippen molar-refractivity contribution >= 4 is 11.0 Å². The van der Waals surface area contributed by atoms with E-state index in [-0.39, 0.29) is 11.1 Å². The van der Waals surface area contributed by atoms with E-state index in [1.165, 1.54) is 6.07 Å². The maximum absolute atomic E-state index is 13.6. The molecule has 2 fully saturated rings. The van der Waals surface area contributed by atoms with Gasteiger partial charge in [-0.2, -0.15) is 0 Å². The number of aliphatic hydroxyl groups is 7. The number of fused-ring (bicyclic) bond motifs is 1. The third-order valence-corrected chi connectivity index (χ3v) is 7.35. The quantitative estimate of drug-likeness (QED) is 0.119. The van der Waals surface area contributed by atoms with Gasteiger partial charge >= 0.3 is 0 Å². The summed E-state index contributed by atoms with van der Waals surface area (Å²) in [5.41, 5.74) is -1.41. The molecule has 0 bridgehead atoms. The second kappa shape index (κ2) is 12.3. The van der Waals surface area contributed by atoms with Crippen LogP contribution in [0.3, 0.4) is 0 Å². The summed E-state index contributed by atoms with van der Waals surface area (Å²) in [6.45, 7) is -1.67. The Balaban J connectivity index is 1.49. The molecule has 0 unspecified atom stereocenters. The molecule has 0 spiro atoms. The maximum Gasteiger partial charge on any atom is 0.239 e. The Kier molecular flexibility index (Phi) is 8.87. The van der Waals surface area contributed by atoms with Crippen molar-refractivity contribution in [2.24, 2.45) is 0 Å². The summed E-state index contributed by atoms with van der Waals surface area (Å²) in [6, 6.07) is 5.17. The second-order valence-electron chi connectivity index (χ2n) is 10.3. The third kappa shape index (κ3) is 5.61. The Bertz CT molecular complexity index is 1550. The number of phenolic OH excluding ortho intramolecular Hbond substituents is 4. The minimum Gasteiger partial charge on any atom is -0.508 e. The lowest BCUT2D eigenvalue weighted by atomic mass is 9.97. The van der Waals surface area contributed by atoms with E-state index in [4.69, 9.17) is 23.4 Å². The topological polar surface area (TPSA) is 290 Å². The molecule has 5 rings (SSSR count). The first-order valence-electron chi connectivity index (χ1n) is 13.2. The van der Waals surface area contributed by atoms with Crippen molar-refractivity contribution < 1.29 is 79.5 Å². The molecule has 0 amide bonds. The van der Waals surface area contributed by atoms with Gasteiger partial charge in [-0.25, -0.2) is 0 Å². The molecule has 1 aromatic heterocycles. The number of rotatable bonds is 7. The van der Waals surface area contributed by atoms with Gasteiger partial charge < -0.3 is 79.5 Å². The third-order valence-electron chi connectivity index (χ3n) is 7.35. The monoisotopic (exact) mass is 626 g/mol. The van der Waals surface area contributed by atoms with Gasteiger partial charge in [-0.1, -0.05) is 0 Å². The van der Waals surface area contributed by atoms with Gasteiger partial charge in [-0.3, -0.25) is 4.79 Å². The van der Waals surface area contributed by atoms with Crippen LogP contribution in [0.25, 0.3) is 22.3 Å². The Morgan fingerprint density at radius 2 is 1.36 bits per heavy atom. The van der Waals surface area contributed by atoms with Crippen molar-refractivity contribution in [2.75, 3.05) is 13.2 Å². The highest BCUT2D eigenvalue weighted by molar-refractivity contribution is 5.88. The summed E-state index contributed by atoms with van der Waals surface area (Å²) in [5, 5.41) is 111. The van der Waals surface area contributed by atoms with Crippen molar-refractivity contribution in [3.8, 4) is 40.1 Å². The van der Waals surface area contributed by atoms with Crippen LogP contribution in [-0.2, 0) is 14.2 Å². The van der Waals surface area contributed by atoms with Crippen LogP contribution >= 0.6 is 0 Å². The number of aromatic hydroxyl groups is 4. The zero-order valence-electron chi connectivity index (χ0n) is 22.4. The van der Waals surface area contributed by atoms with Crippen molar-refractivity contribution in [3.63, 3.8) is 0 Å². The summed E-state index contributed by atoms with van der Waals surface area (Å²) in [4.78, 5) is 13.6. The molecule has 2 aromatic carbocycles. The van der Waals surface area contributed by atoms with Crippen molar-refractivity contribution in [3.05, 3.63) is 40.6 Å². The van der Waals surface area contributed by atoms with Crippen molar-refractivity contribution in [2.45, 2.75) is 61.4 Å². The molecule has 2 aliphatic heterocycles. The molecule has 240 valence electrons. The highest BCUT2D eigenvalue weighted by Crippen LogP contribution is 2.39. The lowest BCUT2D eigenvalue weighted by molar-refractivity contribution is -0.352. The number of phenols is 4. The fraction of sp³-hybridized carbons (Fsp3) is 0.444. The molecule has 0 aliphatic carbocycles. The van der Waals surface area contributed by atoms with Crippen LogP contribution in [0.2, 0.25) is 0 Å². The summed E-state index contributed by atoms with van der Waals surface area (Å²) >= 11 is 0. The molecule has 10 atom stereocenters. The standard InChI is InChI=1S/C27H30O17/c28-6-14-17(34)19(36)21(38)26(41-14)43-24-15(7-29)42-27(22(39)20(24)37)44-25-18(35)16-12(33)4-9(30)5-13(16)40-23(25)8-1-2-10(31)11(32)3-8/h1-5,14-15,17,19-22,24,26-34,36-39H,6-7H2/t14-,15+,17-,19+,20+,21-,22+,24+,26+,27-/m1/s1. The molecule has 44 heavy (non-hydrogen) atoms. The van der Waals surface area contributed by atoms with Gasteiger partial charge in [0.15, 0.2) is 23.5 Å². The molecule has 3 aromatic rings. The molecule has 0 radical (unpaired) electrons. The Labute approximate surface area is 246 Å². The molecule has 17 heteroatoms. The van der Waals surface area contributed by atoms with Crippen molar-refractivity contribution in [1.82, 2.24) is 0 Å². The maximum atomic E-state index is 13.6. The first-order valence-corrected chi connectivity index (χ1v) is 13.2. The minimum atomic E-state index is -2.04. The van der Waals surface area contributed by atoms with Gasteiger partial charge in [-0.15, -0.1) is 0 Å². The van der Waals surface area contributed by atoms with E-state index in [9.17, 15) is 61.0 Å². The zero-order valence-corrected chi connectivity index (χ0v) is 22.4. The summed E-state index contributed by atoms with van der Waals surface area (Å²) in [6.07, 6.45) is -17.7. The summed E-state index contributed by atoms with van der Waals surface area (Å²) in [7, 11) is 0. The Hall–Kier alpha value is -3.75. The number of benzene rings is 2. The average molecular weight is 627 g/mol. The van der Waals surface area contributed by atoms with E-state index < -0.39 is 120 Å². The van der Waals surface area contributed by atoms with Crippen LogP contribution in [0.15, 0.2) is 39.5 Å². The lowest BCUT2D eigenvalue weighted by Crippen LogP contribution is -2.65. The van der Waals surface area contributed by atoms with Crippen LogP contribution in [0.5, 0.6) is 28.7 Å². The minimum absolute atomic E-state index is 0.0504. The van der Waals surface area contributed by atoms with Gasteiger partial charge in [0.25, 0.3) is 0 Å². The van der Waals surface area contributed by atoms with E-state index in [0.717, 1.165) is 24.3 Å². The largest absolute Gasteiger partial charge is 0.508 e. The van der Waals surface area contributed by atoms with Crippen LogP contribution in [0.4, 0.5) is 0 Å². The zero-order chi connectivity index (χ0) is 32.0. The summed E-state index contributed by atoms with van der Waals surface area (Å²) < 4.78 is 27.8. The molecule has 0 saturated carbocycles. The van der Waals surface area contributed by atoms with Gasteiger partial charge in [0, 0.05) is 17.7 Å². The number of hydrogen-bond acceptors (Lipinski definition) is 17. The highest BCUT2D eigenvalue weighted by Gasteiger charge is 2.51. The first-order chi connectivity index (χ1) is 20.9. The predicted octanol–water partition coefficient (Wildman–Crippen LogP) is -2.71. The summed E-state index contributed by atoms with van der Waals surface area (Å²) in [5.74, 6) is -3.44. The van der Waals surface area contributed by atoms with Crippen LogP contribution in [0, 0.1) is 0 Å². The average Bonchev–Trinajstić information content (AvgIpc) is 2.98. The second-order valence-corrected chi connectivity index (χ2v) is 10.3. The smallest absolute Gasteiger partial charge is 0.239 e. The molecule has 2 saturated heterocycles. The van der Waals surface area contributed by atoms with Crippen LogP contribution < -0.4 is 10.2 Å². The van der Waals surface area contributed by atoms with Gasteiger partial charge in [0.05, 0.1) is 13.2 Å².